The molecule has 1 aliphatic heterocycles. The fourth-order valence-electron chi connectivity index (χ4n) is 3.51. The van der Waals surface area contributed by atoms with Gasteiger partial charge >= 0.3 is 5.97 Å². The van der Waals surface area contributed by atoms with Crippen molar-refractivity contribution >= 4 is 5.97 Å². The van der Waals surface area contributed by atoms with Crippen LogP contribution < -0.4 is 5.73 Å². The summed E-state index contributed by atoms with van der Waals surface area (Å²) in [6.45, 7) is 6.26. The van der Waals surface area contributed by atoms with Crippen molar-refractivity contribution < 1.29 is 14.3 Å². The highest BCUT2D eigenvalue weighted by atomic mass is 16.6. The van der Waals surface area contributed by atoms with Crippen LogP contribution in [-0.4, -0.2) is 29.8 Å². The van der Waals surface area contributed by atoms with E-state index >= 15 is 0 Å². The molecule has 1 saturated heterocycles. The maximum absolute atomic E-state index is 12.4. The van der Waals surface area contributed by atoms with Gasteiger partial charge in [-0.1, -0.05) is 13.3 Å². The first-order chi connectivity index (χ1) is 9.43. The van der Waals surface area contributed by atoms with Crippen LogP contribution in [-0.2, 0) is 14.3 Å². The Balaban J connectivity index is 1.88. The van der Waals surface area contributed by atoms with Crippen LogP contribution in [0, 0.1) is 5.92 Å². The number of carbonyl (C=O) groups is 1. The number of carbonyl (C=O) groups excluding carboxylic acids is 1. The first-order valence-corrected chi connectivity index (χ1v) is 8.08. The molecule has 1 heterocycles. The van der Waals surface area contributed by atoms with E-state index < -0.39 is 5.54 Å². The third kappa shape index (κ3) is 3.73. The highest BCUT2D eigenvalue weighted by Gasteiger charge is 2.41. The third-order valence-corrected chi connectivity index (χ3v) is 4.91. The molecule has 0 bridgehead atoms. The van der Waals surface area contributed by atoms with Gasteiger partial charge in [0, 0.05) is 12.8 Å². The highest BCUT2D eigenvalue weighted by molar-refractivity contribution is 5.80. The molecular formula is C16H29NO3. The van der Waals surface area contributed by atoms with E-state index in [0.29, 0.717) is 0 Å². The lowest BCUT2D eigenvalue weighted by Crippen LogP contribution is -2.53. The first kappa shape index (κ1) is 15.8. The SMILES string of the molecule is CCC1CCC(N)(C(=O)OC2CC(C)OC(C)C2)CC1. The Morgan fingerprint density at radius 2 is 1.80 bits per heavy atom. The van der Waals surface area contributed by atoms with Gasteiger partial charge in [0.15, 0.2) is 0 Å². The predicted octanol–water partition coefficient (Wildman–Crippen LogP) is 2.78. The van der Waals surface area contributed by atoms with Gasteiger partial charge in [-0.25, -0.2) is 0 Å². The topological polar surface area (TPSA) is 61.6 Å². The number of nitrogens with two attached hydrogens (primary N) is 1. The van der Waals surface area contributed by atoms with Gasteiger partial charge in [0.25, 0.3) is 0 Å². The van der Waals surface area contributed by atoms with Crippen molar-refractivity contribution in [3.05, 3.63) is 0 Å². The second-order valence-corrected chi connectivity index (χ2v) is 6.76. The minimum atomic E-state index is -0.754. The van der Waals surface area contributed by atoms with Gasteiger partial charge in [-0.15, -0.1) is 0 Å². The van der Waals surface area contributed by atoms with Crippen molar-refractivity contribution in [2.24, 2.45) is 11.7 Å². The quantitative estimate of drug-likeness (QED) is 0.809. The van der Waals surface area contributed by atoms with E-state index in [9.17, 15) is 4.79 Å². The Labute approximate surface area is 122 Å². The summed E-state index contributed by atoms with van der Waals surface area (Å²) in [5.41, 5.74) is 5.55. The van der Waals surface area contributed by atoms with Gasteiger partial charge in [-0.3, -0.25) is 4.79 Å². The minimum absolute atomic E-state index is 0.0365. The average Bonchev–Trinajstić information content (AvgIpc) is 2.38. The molecule has 2 aliphatic rings. The summed E-state index contributed by atoms with van der Waals surface area (Å²) in [4.78, 5) is 12.4. The monoisotopic (exact) mass is 283 g/mol. The molecule has 20 heavy (non-hydrogen) atoms. The summed E-state index contributed by atoms with van der Waals surface area (Å²) < 4.78 is 11.4. The van der Waals surface area contributed by atoms with Crippen molar-refractivity contribution in [2.45, 2.75) is 89.6 Å². The van der Waals surface area contributed by atoms with Crippen LogP contribution in [0.25, 0.3) is 0 Å². The largest absolute Gasteiger partial charge is 0.461 e. The second-order valence-electron chi connectivity index (χ2n) is 6.76. The Kier molecular flexibility index (Phi) is 5.08. The average molecular weight is 283 g/mol. The normalized spacial score (nSPS) is 42.2. The Morgan fingerprint density at radius 1 is 1.25 bits per heavy atom. The molecule has 1 saturated carbocycles. The lowest BCUT2D eigenvalue weighted by molar-refractivity contribution is -0.167. The molecule has 2 rings (SSSR count). The molecule has 2 fully saturated rings. The van der Waals surface area contributed by atoms with Crippen LogP contribution in [0.1, 0.15) is 65.7 Å². The zero-order valence-electron chi connectivity index (χ0n) is 13.1. The van der Waals surface area contributed by atoms with Crippen molar-refractivity contribution in [3.8, 4) is 0 Å². The van der Waals surface area contributed by atoms with Crippen molar-refractivity contribution in [2.75, 3.05) is 0 Å². The molecule has 0 amide bonds. The molecule has 0 radical (unpaired) electrons. The number of hydrogen-bond acceptors (Lipinski definition) is 4. The lowest BCUT2D eigenvalue weighted by Gasteiger charge is -2.37. The Morgan fingerprint density at radius 3 is 2.30 bits per heavy atom. The van der Waals surface area contributed by atoms with E-state index in [4.69, 9.17) is 15.2 Å². The first-order valence-electron chi connectivity index (χ1n) is 8.08. The molecule has 0 aromatic heterocycles. The van der Waals surface area contributed by atoms with E-state index in [0.717, 1.165) is 44.4 Å². The van der Waals surface area contributed by atoms with Crippen LogP contribution in [0.5, 0.6) is 0 Å². The number of hydrogen-bond donors (Lipinski definition) is 1. The van der Waals surface area contributed by atoms with Gasteiger partial charge in [-0.2, -0.15) is 0 Å². The van der Waals surface area contributed by atoms with Crippen LogP contribution in [0.15, 0.2) is 0 Å². The predicted molar refractivity (Wildman–Crippen MR) is 78.3 cm³/mol. The Bertz CT molecular complexity index is 327. The third-order valence-electron chi connectivity index (χ3n) is 4.91. The molecule has 2 atom stereocenters. The van der Waals surface area contributed by atoms with Crippen molar-refractivity contribution in [1.82, 2.24) is 0 Å². The summed E-state index contributed by atoms with van der Waals surface area (Å²) >= 11 is 0. The fraction of sp³-hybridized carbons (Fsp3) is 0.938. The van der Waals surface area contributed by atoms with E-state index in [2.05, 4.69) is 6.92 Å². The fourth-order valence-corrected chi connectivity index (χ4v) is 3.51. The van der Waals surface area contributed by atoms with Gasteiger partial charge in [0.1, 0.15) is 11.6 Å². The zero-order chi connectivity index (χ0) is 14.8. The van der Waals surface area contributed by atoms with Crippen molar-refractivity contribution in [3.63, 3.8) is 0 Å². The molecule has 0 spiro atoms. The van der Waals surface area contributed by atoms with Crippen LogP contribution in [0.2, 0.25) is 0 Å². The number of rotatable bonds is 3. The maximum Gasteiger partial charge on any atom is 0.326 e. The summed E-state index contributed by atoms with van der Waals surface area (Å²) in [6.07, 6.45) is 6.63. The molecule has 0 aromatic rings. The van der Waals surface area contributed by atoms with Crippen LogP contribution in [0.3, 0.4) is 0 Å². The van der Waals surface area contributed by atoms with E-state index in [1.807, 2.05) is 13.8 Å². The molecule has 1 aliphatic carbocycles. The maximum atomic E-state index is 12.4. The van der Waals surface area contributed by atoms with Gasteiger partial charge in [-0.05, 0) is 45.4 Å². The summed E-state index contributed by atoms with van der Waals surface area (Å²) in [7, 11) is 0. The van der Waals surface area contributed by atoms with Gasteiger partial charge in [0.05, 0.1) is 12.2 Å². The molecule has 2 unspecified atom stereocenters. The molecule has 2 N–H and O–H groups in total. The van der Waals surface area contributed by atoms with E-state index in [-0.39, 0.29) is 24.3 Å². The molecule has 0 aromatic carbocycles. The molecule has 4 heteroatoms. The summed E-state index contributed by atoms with van der Waals surface area (Å²) in [5, 5.41) is 0. The smallest absolute Gasteiger partial charge is 0.326 e. The molecular weight excluding hydrogens is 254 g/mol. The second kappa shape index (κ2) is 6.44. The number of ether oxygens (including phenoxy) is 2. The standard InChI is InChI=1S/C16H29NO3/c1-4-13-5-7-16(17,8-6-13)15(18)20-14-9-11(2)19-12(3)10-14/h11-14H,4-10,17H2,1-3H3. The molecule has 116 valence electrons. The van der Waals surface area contributed by atoms with Crippen LogP contribution in [0.4, 0.5) is 0 Å². The van der Waals surface area contributed by atoms with E-state index in [1.54, 1.807) is 0 Å². The van der Waals surface area contributed by atoms with Gasteiger partial charge in [0.2, 0.25) is 0 Å². The van der Waals surface area contributed by atoms with Gasteiger partial charge < -0.3 is 15.2 Å². The molecule has 4 nitrogen and oxygen atoms in total. The summed E-state index contributed by atoms with van der Waals surface area (Å²) in [5.74, 6) is 0.529. The van der Waals surface area contributed by atoms with Crippen LogP contribution >= 0.6 is 0 Å². The highest BCUT2D eigenvalue weighted by Crippen LogP contribution is 2.34. The van der Waals surface area contributed by atoms with Crippen molar-refractivity contribution in [1.29, 1.82) is 0 Å². The number of esters is 1. The zero-order valence-corrected chi connectivity index (χ0v) is 13.1. The summed E-state index contributed by atoms with van der Waals surface area (Å²) in [6, 6.07) is 0. The Hall–Kier alpha value is -0.610. The lowest BCUT2D eigenvalue weighted by atomic mass is 9.76. The minimum Gasteiger partial charge on any atom is -0.461 e. The van der Waals surface area contributed by atoms with E-state index in [1.165, 1.54) is 6.42 Å².